The summed E-state index contributed by atoms with van der Waals surface area (Å²) in [5, 5.41) is 7.43. The quantitative estimate of drug-likeness (QED) is 0.407. The van der Waals surface area contributed by atoms with Crippen molar-refractivity contribution in [3.05, 3.63) is 72.1 Å². The molecule has 0 radical (unpaired) electrons. The largest absolute Gasteiger partial charge is 0.493 e. The Kier molecular flexibility index (Phi) is 5.91. The number of nitrogens with one attached hydrogen (secondary N) is 1. The Labute approximate surface area is 185 Å². The van der Waals surface area contributed by atoms with Crippen molar-refractivity contribution in [3.8, 4) is 11.5 Å². The van der Waals surface area contributed by atoms with Crippen molar-refractivity contribution in [2.75, 3.05) is 14.2 Å². The van der Waals surface area contributed by atoms with E-state index in [0.29, 0.717) is 29.1 Å². The molecule has 0 saturated carbocycles. The first-order valence-electron chi connectivity index (χ1n) is 9.81. The number of carbonyl (C=O) groups excluding carboxylic acids is 1. The molecular weight excluding hydrogens is 430 g/mol. The second kappa shape index (κ2) is 8.80. The lowest BCUT2D eigenvalue weighted by molar-refractivity contribution is 0.0982. The summed E-state index contributed by atoms with van der Waals surface area (Å²) < 4.78 is 36.3. The molecule has 4 rings (SSSR count). The maximum absolute atomic E-state index is 13.0. The van der Waals surface area contributed by atoms with Crippen LogP contribution in [0.15, 0.2) is 70.7 Å². The van der Waals surface area contributed by atoms with Gasteiger partial charge in [-0.1, -0.05) is 12.1 Å². The Morgan fingerprint density at radius 2 is 1.66 bits per heavy atom. The molecule has 164 valence electrons. The third kappa shape index (κ3) is 4.19. The van der Waals surface area contributed by atoms with Crippen LogP contribution in [-0.2, 0) is 16.3 Å². The second-order valence-electron chi connectivity index (χ2n) is 7.12. The van der Waals surface area contributed by atoms with Crippen molar-refractivity contribution in [2.24, 2.45) is 0 Å². The highest BCUT2D eigenvalue weighted by molar-refractivity contribution is 7.91. The van der Waals surface area contributed by atoms with Gasteiger partial charge in [0, 0.05) is 29.6 Å². The molecule has 0 atom stereocenters. The number of ether oxygens (including phenoxy) is 2. The number of carbonyl (C=O) groups is 1. The number of nitrogens with zero attached hydrogens (tertiary/aromatic N) is 2. The number of ketones is 1. The van der Waals surface area contributed by atoms with Gasteiger partial charge in [0.1, 0.15) is 0 Å². The minimum absolute atomic E-state index is 0.0392. The minimum atomic E-state index is -3.72. The standard InChI is InChI=1S/C23H21N3O5S/c1-30-21-10-8-19(12-22(21)31-2)32(28,29)18-6-3-15(4-7-18)5-9-20(27)16-11-17-14-25-26-23(17)24-13-16/h3-4,6-8,10-14H,5,9H2,1-2H3,(H,24,25,26). The van der Waals surface area contributed by atoms with Gasteiger partial charge in [-0.3, -0.25) is 9.89 Å². The molecule has 0 bridgehead atoms. The third-order valence-corrected chi connectivity index (χ3v) is 6.92. The number of methoxy groups -OCH3 is 2. The Morgan fingerprint density at radius 3 is 2.38 bits per heavy atom. The number of rotatable bonds is 8. The van der Waals surface area contributed by atoms with Crippen LogP contribution in [0, 0.1) is 0 Å². The van der Waals surface area contributed by atoms with Crippen molar-refractivity contribution in [1.29, 1.82) is 0 Å². The van der Waals surface area contributed by atoms with E-state index in [0.717, 1.165) is 10.9 Å². The highest BCUT2D eigenvalue weighted by Crippen LogP contribution is 2.32. The van der Waals surface area contributed by atoms with E-state index in [1.807, 2.05) is 0 Å². The molecule has 0 amide bonds. The topological polar surface area (TPSA) is 111 Å². The smallest absolute Gasteiger partial charge is 0.206 e. The fourth-order valence-electron chi connectivity index (χ4n) is 3.35. The zero-order valence-corrected chi connectivity index (χ0v) is 18.3. The molecule has 0 aliphatic heterocycles. The van der Waals surface area contributed by atoms with Crippen LogP contribution in [-0.4, -0.2) is 43.6 Å². The van der Waals surface area contributed by atoms with E-state index in [1.165, 1.54) is 32.5 Å². The number of benzene rings is 2. The van der Waals surface area contributed by atoms with Gasteiger partial charge in [0.05, 0.1) is 30.2 Å². The van der Waals surface area contributed by atoms with E-state index in [9.17, 15) is 13.2 Å². The van der Waals surface area contributed by atoms with E-state index < -0.39 is 9.84 Å². The molecule has 2 heterocycles. The Balaban J connectivity index is 1.47. The number of Topliss-reactive ketones (excluding diaryl/α,β-unsaturated/α-hetero) is 1. The Morgan fingerprint density at radius 1 is 0.938 bits per heavy atom. The molecule has 0 aliphatic carbocycles. The monoisotopic (exact) mass is 451 g/mol. The van der Waals surface area contributed by atoms with Crippen LogP contribution in [0.4, 0.5) is 0 Å². The fourth-order valence-corrected chi connectivity index (χ4v) is 4.62. The second-order valence-corrected chi connectivity index (χ2v) is 9.07. The van der Waals surface area contributed by atoms with Gasteiger partial charge in [0.2, 0.25) is 9.84 Å². The molecule has 0 unspecified atom stereocenters. The average molecular weight is 452 g/mol. The summed E-state index contributed by atoms with van der Waals surface area (Å²) in [6.45, 7) is 0. The molecule has 8 nitrogen and oxygen atoms in total. The van der Waals surface area contributed by atoms with Gasteiger partial charge in [-0.2, -0.15) is 5.10 Å². The number of aromatic amines is 1. The number of hydrogen-bond acceptors (Lipinski definition) is 7. The highest BCUT2D eigenvalue weighted by Gasteiger charge is 2.20. The molecule has 32 heavy (non-hydrogen) atoms. The molecule has 0 aliphatic rings. The van der Waals surface area contributed by atoms with Crippen LogP contribution >= 0.6 is 0 Å². The van der Waals surface area contributed by atoms with Gasteiger partial charge in [-0.25, -0.2) is 13.4 Å². The predicted octanol–water partition coefficient (Wildman–Crippen LogP) is 3.62. The Bertz CT molecular complexity index is 1380. The molecule has 2 aromatic carbocycles. The van der Waals surface area contributed by atoms with Gasteiger partial charge < -0.3 is 9.47 Å². The van der Waals surface area contributed by atoms with Crippen molar-refractivity contribution in [1.82, 2.24) is 15.2 Å². The van der Waals surface area contributed by atoms with Crippen molar-refractivity contribution in [3.63, 3.8) is 0 Å². The van der Waals surface area contributed by atoms with Gasteiger partial charge in [0.15, 0.2) is 22.9 Å². The van der Waals surface area contributed by atoms with Crippen molar-refractivity contribution < 1.29 is 22.7 Å². The molecule has 0 spiro atoms. The lowest BCUT2D eigenvalue weighted by Gasteiger charge is -2.10. The average Bonchev–Trinajstić information content (AvgIpc) is 3.30. The Hall–Kier alpha value is -3.72. The molecule has 0 saturated heterocycles. The first-order valence-corrected chi connectivity index (χ1v) is 11.3. The van der Waals surface area contributed by atoms with Crippen LogP contribution in [0.2, 0.25) is 0 Å². The number of hydrogen-bond donors (Lipinski definition) is 1. The fraction of sp³-hybridized carbons (Fsp3) is 0.174. The normalized spacial score (nSPS) is 11.4. The first-order chi connectivity index (χ1) is 15.4. The molecular formula is C23H21N3O5S. The zero-order valence-electron chi connectivity index (χ0n) is 17.5. The van der Waals surface area contributed by atoms with Crippen LogP contribution in [0.5, 0.6) is 11.5 Å². The summed E-state index contributed by atoms with van der Waals surface area (Å²) >= 11 is 0. The molecule has 1 N–H and O–H groups in total. The van der Waals surface area contributed by atoms with Crippen LogP contribution in [0.25, 0.3) is 11.0 Å². The first kappa shape index (κ1) is 21.5. The van der Waals surface area contributed by atoms with Crippen molar-refractivity contribution >= 4 is 26.7 Å². The van der Waals surface area contributed by atoms with Crippen LogP contribution in [0.3, 0.4) is 0 Å². The summed E-state index contributed by atoms with van der Waals surface area (Å²) in [5.41, 5.74) is 2.02. The maximum Gasteiger partial charge on any atom is 0.206 e. The summed E-state index contributed by atoms with van der Waals surface area (Å²) in [6.07, 6.45) is 3.92. The van der Waals surface area contributed by atoms with Crippen LogP contribution in [0.1, 0.15) is 22.3 Å². The summed E-state index contributed by atoms with van der Waals surface area (Å²) in [6, 6.07) is 12.8. The predicted molar refractivity (Wildman–Crippen MR) is 118 cm³/mol. The zero-order chi connectivity index (χ0) is 22.7. The summed E-state index contributed by atoms with van der Waals surface area (Å²) in [7, 11) is -0.783. The van der Waals surface area contributed by atoms with Gasteiger partial charge in [-0.05, 0) is 42.3 Å². The van der Waals surface area contributed by atoms with Gasteiger partial charge in [0.25, 0.3) is 0 Å². The molecule has 2 aromatic heterocycles. The molecule has 0 fully saturated rings. The highest BCUT2D eigenvalue weighted by atomic mass is 32.2. The number of aromatic nitrogens is 3. The summed E-state index contributed by atoms with van der Waals surface area (Å²) in [5.74, 6) is 0.753. The third-order valence-electron chi connectivity index (χ3n) is 5.15. The SMILES string of the molecule is COc1ccc(S(=O)(=O)c2ccc(CCC(=O)c3cnc4[nH]ncc4c3)cc2)cc1OC. The number of H-pyrrole nitrogens is 1. The van der Waals surface area contributed by atoms with E-state index in [4.69, 9.17) is 9.47 Å². The number of pyridine rings is 1. The van der Waals surface area contributed by atoms with Crippen LogP contribution < -0.4 is 9.47 Å². The van der Waals surface area contributed by atoms with E-state index in [-0.39, 0.29) is 22.0 Å². The van der Waals surface area contributed by atoms with E-state index in [2.05, 4.69) is 15.2 Å². The van der Waals surface area contributed by atoms with E-state index in [1.54, 1.807) is 42.6 Å². The number of sulfone groups is 1. The van der Waals surface area contributed by atoms with Crippen molar-refractivity contribution in [2.45, 2.75) is 22.6 Å². The molecule has 4 aromatic rings. The van der Waals surface area contributed by atoms with Gasteiger partial charge in [-0.15, -0.1) is 0 Å². The maximum atomic E-state index is 13.0. The molecule has 9 heteroatoms. The lowest BCUT2D eigenvalue weighted by atomic mass is 10.0. The minimum Gasteiger partial charge on any atom is -0.493 e. The van der Waals surface area contributed by atoms with Gasteiger partial charge >= 0.3 is 0 Å². The van der Waals surface area contributed by atoms with E-state index >= 15 is 0 Å². The summed E-state index contributed by atoms with van der Waals surface area (Å²) in [4.78, 5) is 17.0. The number of aryl methyl sites for hydroxylation is 1. The lowest BCUT2D eigenvalue weighted by Crippen LogP contribution is -2.04. The number of fused-ring (bicyclic) bond motifs is 1.